The van der Waals surface area contributed by atoms with Gasteiger partial charge in [0.2, 0.25) is 5.75 Å². The number of aromatic amines is 1. The Kier molecular flexibility index (Phi) is 5.31. The van der Waals surface area contributed by atoms with E-state index < -0.39 is 0 Å². The molecule has 0 unspecified atom stereocenters. The number of hydrogen-bond donors (Lipinski definition) is 1. The minimum atomic E-state index is -0.317. The molecule has 0 spiro atoms. The summed E-state index contributed by atoms with van der Waals surface area (Å²) in [6.45, 7) is 0.384. The van der Waals surface area contributed by atoms with E-state index in [1.54, 1.807) is 14.2 Å². The molecule has 6 heteroatoms. The van der Waals surface area contributed by atoms with Crippen LogP contribution in [0.2, 0.25) is 0 Å². The highest BCUT2D eigenvalue weighted by Crippen LogP contribution is 2.43. The number of carbonyl (C=O) groups is 1. The fourth-order valence-corrected chi connectivity index (χ4v) is 2.80. The van der Waals surface area contributed by atoms with Crippen LogP contribution in [0.25, 0.3) is 10.9 Å². The molecule has 3 rings (SSSR count). The van der Waals surface area contributed by atoms with E-state index in [1.165, 1.54) is 7.11 Å². The predicted molar refractivity (Wildman–Crippen MR) is 97.9 cm³/mol. The van der Waals surface area contributed by atoms with Gasteiger partial charge in [-0.1, -0.05) is 30.3 Å². The molecular weight excluding hydrogens is 334 g/mol. The van der Waals surface area contributed by atoms with Crippen molar-refractivity contribution in [2.45, 2.75) is 13.0 Å². The average molecular weight is 355 g/mol. The van der Waals surface area contributed by atoms with Gasteiger partial charge in [-0.2, -0.15) is 0 Å². The number of H-pyrrole nitrogens is 1. The van der Waals surface area contributed by atoms with Crippen LogP contribution in [-0.4, -0.2) is 32.3 Å². The van der Waals surface area contributed by atoms with Crippen molar-refractivity contribution >= 4 is 16.9 Å². The molecule has 136 valence electrons. The van der Waals surface area contributed by atoms with Crippen LogP contribution in [0.3, 0.4) is 0 Å². The number of esters is 1. The zero-order valence-electron chi connectivity index (χ0n) is 15.0. The lowest BCUT2D eigenvalue weighted by molar-refractivity contribution is -0.139. The summed E-state index contributed by atoms with van der Waals surface area (Å²) in [6, 6.07) is 13.6. The molecule has 1 heterocycles. The van der Waals surface area contributed by atoms with E-state index >= 15 is 0 Å². The summed E-state index contributed by atoms with van der Waals surface area (Å²) in [5.41, 5.74) is 2.51. The Labute approximate surface area is 151 Å². The molecule has 0 bridgehead atoms. The predicted octanol–water partition coefficient (Wildman–Crippen LogP) is 3.48. The summed E-state index contributed by atoms with van der Waals surface area (Å²) < 4.78 is 21.8. The van der Waals surface area contributed by atoms with Crippen molar-refractivity contribution < 1.29 is 23.7 Å². The van der Waals surface area contributed by atoms with Gasteiger partial charge in [0.15, 0.2) is 11.5 Å². The van der Waals surface area contributed by atoms with Crippen molar-refractivity contribution in [1.29, 1.82) is 0 Å². The van der Waals surface area contributed by atoms with Crippen LogP contribution in [0.1, 0.15) is 11.3 Å². The molecule has 6 nitrogen and oxygen atoms in total. The Balaban J connectivity index is 1.99. The number of carbonyl (C=O) groups excluding carboxylic acids is 1. The van der Waals surface area contributed by atoms with E-state index in [2.05, 4.69) is 4.98 Å². The van der Waals surface area contributed by atoms with Crippen molar-refractivity contribution in [2.75, 3.05) is 21.3 Å². The maximum atomic E-state index is 11.5. The number of ether oxygens (including phenoxy) is 4. The number of nitrogens with one attached hydrogen (secondary N) is 1. The van der Waals surface area contributed by atoms with Crippen LogP contribution in [-0.2, 0) is 22.6 Å². The average Bonchev–Trinajstić information content (AvgIpc) is 3.07. The summed E-state index contributed by atoms with van der Waals surface area (Å²) in [7, 11) is 4.52. The Morgan fingerprint density at radius 3 is 2.42 bits per heavy atom. The molecule has 0 atom stereocenters. The molecule has 0 aliphatic rings. The number of rotatable bonds is 7. The molecule has 26 heavy (non-hydrogen) atoms. The molecule has 0 aliphatic carbocycles. The zero-order valence-corrected chi connectivity index (χ0v) is 15.0. The van der Waals surface area contributed by atoms with Crippen LogP contribution >= 0.6 is 0 Å². The van der Waals surface area contributed by atoms with Crippen molar-refractivity contribution in [3.63, 3.8) is 0 Å². The lowest BCUT2D eigenvalue weighted by Gasteiger charge is -2.15. The lowest BCUT2D eigenvalue weighted by Crippen LogP contribution is -2.04. The van der Waals surface area contributed by atoms with E-state index in [0.717, 1.165) is 22.2 Å². The Hall–Kier alpha value is -3.15. The topological polar surface area (TPSA) is 69.8 Å². The molecule has 3 aromatic rings. The summed E-state index contributed by atoms with van der Waals surface area (Å²) >= 11 is 0. The second-order valence-corrected chi connectivity index (χ2v) is 5.73. The molecule has 0 saturated carbocycles. The minimum absolute atomic E-state index is 0.150. The van der Waals surface area contributed by atoms with Gasteiger partial charge in [0.05, 0.1) is 33.3 Å². The van der Waals surface area contributed by atoms with Crippen LogP contribution in [0.4, 0.5) is 0 Å². The second-order valence-electron chi connectivity index (χ2n) is 5.73. The third-order valence-corrected chi connectivity index (χ3v) is 4.06. The van der Waals surface area contributed by atoms with E-state index in [0.29, 0.717) is 23.9 Å². The first-order valence-corrected chi connectivity index (χ1v) is 8.16. The van der Waals surface area contributed by atoms with Crippen molar-refractivity contribution in [3.05, 3.63) is 53.7 Å². The summed E-state index contributed by atoms with van der Waals surface area (Å²) in [5, 5.41) is 0.865. The van der Waals surface area contributed by atoms with Gasteiger partial charge in [0.1, 0.15) is 6.61 Å². The zero-order chi connectivity index (χ0) is 18.5. The quantitative estimate of drug-likeness (QED) is 0.657. The Morgan fingerprint density at radius 1 is 1.00 bits per heavy atom. The molecule has 1 N–H and O–H groups in total. The molecule has 0 saturated heterocycles. The second kappa shape index (κ2) is 7.82. The highest BCUT2D eigenvalue weighted by atomic mass is 16.5. The molecule has 0 amide bonds. The monoisotopic (exact) mass is 355 g/mol. The van der Waals surface area contributed by atoms with Crippen molar-refractivity contribution in [2.24, 2.45) is 0 Å². The maximum Gasteiger partial charge on any atom is 0.311 e. The fourth-order valence-electron chi connectivity index (χ4n) is 2.80. The van der Waals surface area contributed by atoms with Gasteiger partial charge in [-0.15, -0.1) is 0 Å². The molecule has 0 aliphatic heterocycles. The lowest BCUT2D eigenvalue weighted by atomic mass is 10.2. The number of hydrogen-bond acceptors (Lipinski definition) is 5. The van der Waals surface area contributed by atoms with Crippen LogP contribution in [0.5, 0.6) is 17.2 Å². The first-order chi connectivity index (χ1) is 12.7. The number of methoxy groups -OCH3 is 3. The van der Waals surface area contributed by atoms with Crippen LogP contribution in [0, 0.1) is 0 Å². The standard InChI is InChI=1S/C20H21NO5/c1-23-16-10-14-9-15(11-17(22)24-2)21-18(14)20(25-3)19(16)26-12-13-7-5-4-6-8-13/h4-10,21H,11-12H2,1-3H3. The largest absolute Gasteiger partial charge is 0.493 e. The molecular formula is C20H21NO5. The summed E-state index contributed by atoms with van der Waals surface area (Å²) in [4.78, 5) is 14.7. The van der Waals surface area contributed by atoms with Crippen molar-refractivity contribution in [1.82, 2.24) is 4.98 Å². The highest BCUT2D eigenvalue weighted by molar-refractivity contribution is 5.92. The van der Waals surface area contributed by atoms with Crippen molar-refractivity contribution in [3.8, 4) is 17.2 Å². The Bertz CT molecular complexity index is 901. The molecule has 0 radical (unpaired) electrons. The van der Waals surface area contributed by atoms with Gasteiger partial charge in [-0.3, -0.25) is 4.79 Å². The number of fused-ring (bicyclic) bond motifs is 1. The van der Waals surface area contributed by atoms with Gasteiger partial charge >= 0.3 is 5.97 Å². The Morgan fingerprint density at radius 2 is 1.77 bits per heavy atom. The van der Waals surface area contributed by atoms with E-state index in [1.807, 2.05) is 42.5 Å². The third kappa shape index (κ3) is 3.59. The summed E-state index contributed by atoms with van der Waals surface area (Å²) in [6.07, 6.45) is 0.150. The van der Waals surface area contributed by atoms with Gasteiger partial charge < -0.3 is 23.9 Å². The molecule has 0 fully saturated rings. The SMILES string of the molecule is COC(=O)Cc1cc2cc(OC)c(OCc3ccccc3)c(OC)c2[nH]1. The minimum Gasteiger partial charge on any atom is -0.493 e. The fraction of sp³-hybridized carbons (Fsp3) is 0.250. The normalized spacial score (nSPS) is 10.6. The highest BCUT2D eigenvalue weighted by Gasteiger charge is 2.19. The first-order valence-electron chi connectivity index (χ1n) is 8.16. The third-order valence-electron chi connectivity index (χ3n) is 4.06. The first kappa shape index (κ1) is 17.7. The summed E-state index contributed by atoms with van der Waals surface area (Å²) in [5.74, 6) is 1.29. The van der Waals surface area contributed by atoms with Gasteiger partial charge in [0, 0.05) is 11.1 Å². The number of benzene rings is 2. The van der Waals surface area contributed by atoms with E-state index in [-0.39, 0.29) is 12.4 Å². The van der Waals surface area contributed by atoms with Crippen LogP contribution in [0.15, 0.2) is 42.5 Å². The van der Waals surface area contributed by atoms with Crippen LogP contribution < -0.4 is 14.2 Å². The maximum absolute atomic E-state index is 11.5. The van der Waals surface area contributed by atoms with E-state index in [4.69, 9.17) is 18.9 Å². The van der Waals surface area contributed by atoms with Gasteiger partial charge in [-0.05, 0) is 17.7 Å². The van der Waals surface area contributed by atoms with Gasteiger partial charge in [0.25, 0.3) is 0 Å². The van der Waals surface area contributed by atoms with Gasteiger partial charge in [-0.25, -0.2) is 0 Å². The molecule has 1 aromatic heterocycles. The smallest absolute Gasteiger partial charge is 0.311 e. The molecule has 2 aromatic carbocycles. The van der Waals surface area contributed by atoms with E-state index in [9.17, 15) is 4.79 Å². The number of aromatic nitrogens is 1.